The summed E-state index contributed by atoms with van der Waals surface area (Å²) in [4.78, 5) is 23.0. The van der Waals surface area contributed by atoms with Gasteiger partial charge in [-0.05, 0) is 42.9 Å². The van der Waals surface area contributed by atoms with Crippen LogP contribution in [0.5, 0.6) is 0 Å². The highest BCUT2D eigenvalue weighted by atomic mass is 16.6. The molecule has 7 nitrogen and oxygen atoms in total. The average molecular weight is 390 g/mol. The van der Waals surface area contributed by atoms with Gasteiger partial charge in [-0.15, -0.1) is 0 Å². The lowest BCUT2D eigenvalue weighted by atomic mass is 9.88. The normalized spacial score (nSPS) is 15.6. The highest BCUT2D eigenvalue weighted by Crippen LogP contribution is 2.35. The molecule has 1 aromatic heterocycles. The molecule has 0 saturated carbocycles. The molecule has 0 radical (unpaired) electrons. The van der Waals surface area contributed by atoms with Crippen LogP contribution in [0.2, 0.25) is 0 Å². The first-order valence-electron chi connectivity index (χ1n) is 9.68. The average Bonchev–Trinajstić information content (AvgIpc) is 3.08. The van der Waals surface area contributed by atoms with E-state index in [-0.39, 0.29) is 24.1 Å². The number of carbonyl (C=O) groups excluding carboxylic acids is 1. The molecule has 1 N–H and O–H groups in total. The molecule has 148 valence electrons. The highest BCUT2D eigenvalue weighted by Gasteiger charge is 2.25. The van der Waals surface area contributed by atoms with Crippen molar-refractivity contribution in [3.05, 3.63) is 87.1 Å². The molecule has 0 bridgehead atoms. The maximum Gasteiger partial charge on any atom is 0.269 e. The van der Waals surface area contributed by atoms with E-state index in [1.54, 1.807) is 18.3 Å². The second-order valence-electron chi connectivity index (χ2n) is 7.38. The Morgan fingerprint density at radius 1 is 1.24 bits per heavy atom. The quantitative estimate of drug-likeness (QED) is 0.522. The zero-order valence-electron chi connectivity index (χ0n) is 16.2. The number of nitrogens with zero attached hydrogens (tertiary/aromatic N) is 3. The zero-order chi connectivity index (χ0) is 20.4. The second-order valence-corrected chi connectivity index (χ2v) is 7.38. The van der Waals surface area contributed by atoms with Crippen LogP contribution < -0.4 is 5.32 Å². The van der Waals surface area contributed by atoms with Gasteiger partial charge < -0.3 is 5.32 Å². The first-order chi connectivity index (χ1) is 14.0. The Bertz CT molecular complexity index is 1060. The lowest BCUT2D eigenvalue weighted by Crippen LogP contribution is -2.23. The fourth-order valence-corrected chi connectivity index (χ4v) is 3.92. The van der Waals surface area contributed by atoms with Crippen molar-refractivity contribution in [3.8, 4) is 0 Å². The van der Waals surface area contributed by atoms with Crippen LogP contribution in [0, 0.1) is 17.0 Å². The molecule has 1 atom stereocenters. The van der Waals surface area contributed by atoms with E-state index in [4.69, 9.17) is 0 Å². The maximum atomic E-state index is 12.6. The molecule has 1 unspecified atom stereocenters. The molecule has 4 rings (SSSR count). The van der Waals surface area contributed by atoms with Crippen molar-refractivity contribution in [2.24, 2.45) is 0 Å². The minimum atomic E-state index is -0.451. The molecular weight excluding hydrogens is 368 g/mol. The Labute approximate surface area is 168 Å². The van der Waals surface area contributed by atoms with Gasteiger partial charge in [-0.3, -0.25) is 14.9 Å². The first kappa shape index (κ1) is 18.9. The molecule has 3 aromatic rings. The third kappa shape index (κ3) is 3.89. The molecule has 7 heteroatoms. The van der Waals surface area contributed by atoms with Gasteiger partial charge in [-0.1, -0.05) is 36.4 Å². The number of anilines is 1. The van der Waals surface area contributed by atoms with Crippen molar-refractivity contribution in [3.63, 3.8) is 0 Å². The van der Waals surface area contributed by atoms with Gasteiger partial charge >= 0.3 is 0 Å². The van der Waals surface area contributed by atoms with Crippen LogP contribution in [-0.4, -0.2) is 20.6 Å². The molecule has 1 aliphatic carbocycles. The summed E-state index contributed by atoms with van der Waals surface area (Å²) >= 11 is 0. The van der Waals surface area contributed by atoms with Gasteiger partial charge in [0.25, 0.3) is 5.69 Å². The van der Waals surface area contributed by atoms with Crippen LogP contribution in [0.3, 0.4) is 0 Å². The van der Waals surface area contributed by atoms with Crippen LogP contribution in [0.15, 0.2) is 54.7 Å². The van der Waals surface area contributed by atoms with Gasteiger partial charge in [0.1, 0.15) is 5.82 Å². The van der Waals surface area contributed by atoms with Crippen LogP contribution in [0.25, 0.3) is 0 Å². The van der Waals surface area contributed by atoms with Crippen molar-refractivity contribution in [1.29, 1.82) is 0 Å². The Kier molecular flexibility index (Phi) is 5.12. The van der Waals surface area contributed by atoms with Crippen molar-refractivity contribution in [2.45, 2.75) is 38.6 Å². The van der Waals surface area contributed by atoms with Gasteiger partial charge in [0, 0.05) is 17.7 Å². The zero-order valence-corrected chi connectivity index (χ0v) is 16.2. The van der Waals surface area contributed by atoms with E-state index in [0.717, 1.165) is 30.4 Å². The second kappa shape index (κ2) is 7.87. The highest BCUT2D eigenvalue weighted by molar-refractivity contribution is 5.92. The number of amides is 1. The summed E-state index contributed by atoms with van der Waals surface area (Å²) in [6.07, 6.45) is 5.04. The molecule has 0 spiro atoms. The molecule has 0 saturated heterocycles. The number of carbonyl (C=O) groups is 1. The fourth-order valence-electron chi connectivity index (χ4n) is 3.92. The fraction of sp³-hybridized carbons (Fsp3) is 0.273. The molecule has 1 aliphatic rings. The number of hydrogen-bond acceptors (Lipinski definition) is 4. The van der Waals surface area contributed by atoms with Crippen molar-refractivity contribution < 1.29 is 9.72 Å². The van der Waals surface area contributed by atoms with E-state index in [1.807, 2.05) is 17.7 Å². The molecular formula is C22H22N4O3. The van der Waals surface area contributed by atoms with Crippen molar-refractivity contribution >= 4 is 17.4 Å². The third-order valence-electron chi connectivity index (χ3n) is 5.38. The van der Waals surface area contributed by atoms with Crippen LogP contribution >= 0.6 is 0 Å². The van der Waals surface area contributed by atoms with E-state index >= 15 is 0 Å². The minimum Gasteiger partial charge on any atom is -0.310 e. The largest absolute Gasteiger partial charge is 0.310 e. The Balaban J connectivity index is 1.54. The predicted octanol–water partition coefficient (Wildman–Crippen LogP) is 4.21. The summed E-state index contributed by atoms with van der Waals surface area (Å²) in [5.74, 6) is 0.534. The lowest BCUT2D eigenvalue weighted by molar-refractivity contribution is -0.384. The number of rotatable bonds is 5. The molecule has 0 aliphatic heterocycles. The summed E-state index contributed by atoms with van der Waals surface area (Å²) in [5, 5.41) is 18.3. The van der Waals surface area contributed by atoms with Gasteiger partial charge in [-0.25, -0.2) is 4.68 Å². The number of aryl methyl sites for hydroxylation is 2. The number of nitro groups is 1. The Morgan fingerprint density at radius 3 is 2.76 bits per heavy atom. The summed E-state index contributed by atoms with van der Waals surface area (Å²) in [7, 11) is 0. The van der Waals surface area contributed by atoms with Crippen LogP contribution in [0.1, 0.15) is 41.1 Å². The SMILES string of the molecule is Cc1cnn(C2CCCc3ccccc32)c1NC(=O)Cc1ccc([N+](=O)[O-])cc1. The third-order valence-corrected chi connectivity index (χ3v) is 5.38. The lowest BCUT2D eigenvalue weighted by Gasteiger charge is -2.27. The van der Waals surface area contributed by atoms with Crippen LogP contribution in [-0.2, 0) is 17.6 Å². The summed E-state index contributed by atoms with van der Waals surface area (Å²) in [6, 6.07) is 14.5. The van der Waals surface area contributed by atoms with E-state index < -0.39 is 4.92 Å². The monoisotopic (exact) mass is 390 g/mol. The molecule has 1 heterocycles. The molecule has 29 heavy (non-hydrogen) atoms. The number of nitrogens with one attached hydrogen (secondary N) is 1. The van der Waals surface area contributed by atoms with E-state index in [9.17, 15) is 14.9 Å². The molecule has 2 aromatic carbocycles. The standard InChI is InChI=1S/C22H22N4O3/c1-15-14-23-25(20-8-4-6-17-5-2-3-7-19(17)20)22(15)24-21(27)13-16-9-11-18(12-10-16)26(28)29/h2-3,5,7,9-12,14,20H,4,6,8,13H2,1H3,(H,24,27). The smallest absolute Gasteiger partial charge is 0.269 e. The van der Waals surface area contributed by atoms with Crippen molar-refractivity contribution in [1.82, 2.24) is 9.78 Å². The van der Waals surface area contributed by atoms with Gasteiger partial charge in [0.15, 0.2) is 0 Å². The van der Waals surface area contributed by atoms with Crippen LogP contribution in [0.4, 0.5) is 11.5 Å². The molecule has 0 fully saturated rings. The minimum absolute atomic E-state index is 0.0130. The number of hydrogen-bond donors (Lipinski definition) is 1. The number of non-ortho nitro benzene ring substituents is 1. The molecule has 1 amide bonds. The van der Waals surface area contributed by atoms with E-state index in [2.05, 4.69) is 28.6 Å². The number of nitro benzene ring substituents is 1. The first-order valence-corrected chi connectivity index (χ1v) is 9.68. The number of aromatic nitrogens is 2. The summed E-state index contributed by atoms with van der Waals surface area (Å²) in [5.41, 5.74) is 4.23. The van der Waals surface area contributed by atoms with Gasteiger partial charge in [0.2, 0.25) is 5.91 Å². The number of fused-ring (bicyclic) bond motifs is 1. The number of benzene rings is 2. The van der Waals surface area contributed by atoms with Gasteiger partial charge in [0.05, 0.1) is 23.6 Å². The summed E-state index contributed by atoms with van der Waals surface area (Å²) < 4.78 is 1.92. The maximum absolute atomic E-state index is 12.6. The Hall–Kier alpha value is -3.48. The van der Waals surface area contributed by atoms with E-state index in [0.29, 0.717) is 5.82 Å². The van der Waals surface area contributed by atoms with Gasteiger partial charge in [-0.2, -0.15) is 5.10 Å². The Morgan fingerprint density at radius 2 is 2.00 bits per heavy atom. The predicted molar refractivity (Wildman–Crippen MR) is 110 cm³/mol. The summed E-state index contributed by atoms with van der Waals surface area (Å²) in [6.45, 7) is 1.93. The van der Waals surface area contributed by atoms with E-state index in [1.165, 1.54) is 23.3 Å². The topological polar surface area (TPSA) is 90.1 Å². The van der Waals surface area contributed by atoms with Crippen molar-refractivity contribution in [2.75, 3.05) is 5.32 Å².